The molecule has 10 heteroatoms. The number of halogens is 4. The van der Waals surface area contributed by atoms with Crippen molar-refractivity contribution in [2.24, 2.45) is 0 Å². The summed E-state index contributed by atoms with van der Waals surface area (Å²) in [5.74, 6) is -1.05. The minimum Gasteiger partial charge on any atom is -0.493 e. The lowest BCUT2D eigenvalue weighted by Crippen LogP contribution is -2.36. The van der Waals surface area contributed by atoms with Crippen molar-refractivity contribution in [3.63, 3.8) is 0 Å². The van der Waals surface area contributed by atoms with Gasteiger partial charge in [-0.05, 0) is 42.3 Å². The van der Waals surface area contributed by atoms with Crippen LogP contribution in [0.3, 0.4) is 0 Å². The summed E-state index contributed by atoms with van der Waals surface area (Å²) >= 11 is 5.80. The van der Waals surface area contributed by atoms with E-state index in [9.17, 15) is 22.8 Å². The first-order valence-electron chi connectivity index (χ1n) is 8.32. The number of nitrogens with one attached hydrogen (secondary N) is 2. The zero-order valence-electron chi connectivity index (χ0n) is 15.5. The van der Waals surface area contributed by atoms with Crippen LogP contribution in [0.15, 0.2) is 36.4 Å². The third-order valence-electron chi connectivity index (χ3n) is 3.90. The first kappa shape index (κ1) is 22.4. The van der Waals surface area contributed by atoms with E-state index in [1.165, 1.54) is 14.2 Å². The molecule has 29 heavy (non-hydrogen) atoms. The number of benzene rings is 2. The van der Waals surface area contributed by atoms with Crippen LogP contribution in [0.4, 0.5) is 18.9 Å². The van der Waals surface area contributed by atoms with Crippen molar-refractivity contribution in [3.05, 3.63) is 52.5 Å². The van der Waals surface area contributed by atoms with Gasteiger partial charge in [0.25, 0.3) is 0 Å². The molecule has 2 rings (SSSR count). The van der Waals surface area contributed by atoms with Crippen LogP contribution in [0, 0.1) is 0 Å². The summed E-state index contributed by atoms with van der Waals surface area (Å²) in [4.78, 5) is 23.9. The molecular formula is C19H18ClF3N2O4. The van der Waals surface area contributed by atoms with E-state index in [4.69, 9.17) is 21.1 Å². The molecule has 0 atom stereocenters. The van der Waals surface area contributed by atoms with E-state index >= 15 is 0 Å². The zero-order valence-corrected chi connectivity index (χ0v) is 16.3. The van der Waals surface area contributed by atoms with Crippen molar-refractivity contribution in [1.82, 2.24) is 5.32 Å². The van der Waals surface area contributed by atoms with Crippen LogP contribution < -0.4 is 20.1 Å². The van der Waals surface area contributed by atoms with Crippen molar-refractivity contribution in [1.29, 1.82) is 0 Å². The second-order valence-corrected chi connectivity index (χ2v) is 6.25. The molecule has 0 bridgehead atoms. The standard InChI is InChI=1S/C19H18ClF3N2O4/c1-28-15-6-3-11(9-16(15)29-2)7-8-24-17(26)18(27)25-14-10-12(19(21,22)23)4-5-13(14)20/h3-6,9-10H,7-8H2,1-2H3,(H,24,26)(H,25,27). The Morgan fingerprint density at radius 3 is 2.31 bits per heavy atom. The summed E-state index contributed by atoms with van der Waals surface area (Å²) in [7, 11) is 3.00. The lowest BCUT2D eigenvalue weighted by molar-refractivity contribution is -0.137. The van der Waals surface area contributed by atoms with E-state index in [1.54, 1.807) is 18.2 Å². The van der Waals surface area contributed by atoms with Crippen LogP contribution in [0.25, 0.3) is 0 Å². The SMILES string of the molecule is COc1ccc(CCNC(=O)C(=O)Nc2cc(C(F)(F)F)ccc2Cl)cc1OC. The molecule has 0 fully saturated rings. The molecule has 0 aromatic heterocycles. The summed E-state index contributed by atoms with van der Waals surface area (Å²) in [5, 5.41) is 4.36. The minimum atomic E-state index is -4.61. The molecule has 0 saturated carbocycles. The smallest absolute Gasteiger partial charge is 0.416 e. The molecule has 0 unspecified atom stereocenters. The average Bonchev–Trinajstić information content (AvgIpc) is 2.68. The predicted octanol–water partition coefficient (Wildman–Crippen LogP) is 3.67. The summed E-state index contributed by atoms with van der Waals surface area (Å²) < 4.78 is 48.6. The number of ether oxygens (including phenoxy) is 2. The second kappa shape index (κ2) is 9.51. The fourth-order valence-electron chi connectivity index (χ4n) is 2.41. The monoisotopic (exact) mass is 430 g/mol. The molecular weight excluding hydrogens is 413 g/mol. The number of hydrogen-bond acceptors (Lipinski definition) is 4. The Hall–Kier alpha value is -2.94. The maximum atomic E-state index is 12.8. The fourth-order valence-corrected chi connectivity index (χ4v) is 2.58. The third kappa shape index (κ3) is 6.02. The molecule has 0 aliphatic heterocycles. The summed E-state index contributed by atoms with van der Waals surface area (Å²) in [6.07, 6.45) is -4.21. The number of amides is 2. The average molecular weight is 431 g/mol. The van der Waals surface area contributed by atoms with E-state index in [0.717, 1.165) is 17.7 Å². The number of carbonyl (C=O) groups is 2. The predicted molar refractivity (Wildman–Crippen MR) is 101 cm³/mol. The highest BCUT2D eigenvalue weighted by Crippen LogP contribution is 2.33. The van der Waals surface area contributed by atoms with Crippen molar-refractivity contribution in [2.75, 3.05) is 26.1 Å². The molecule has 0 saturated heterocycles. The molecule has 2 N–H and O–H groups in total. The molecule has 2 aromatic carbocycles. The lowest BCUT2D eigenvalue weighted by atomic mass is 10.1. The van der Waals surface area contributed by atoms with Crippen LogP contribution in [0.1, 0.15) is 11.1 Å². The largest absolute Gasteiger partial charge is 0.493 e. The van der Waals surface area contributed by atoms with Gasteiger partial charge in [-0.15, -0.1) is 0 Å². The van der Waals surface area contributed by atoms with Crippen LogP contribution in [0.5, 0.6) is 11.5 Å². The number of hydrogen-bond donors (Lipinski definition) is 2. The first-order valence-corrected chi connectivity index (χ1v) is 8.70. The van der Waals surface area contributed by atoms with Crippen LogP contribution in [0.2, 0.25) is 5.02 Å². The summed E-state index contributed by atoms with van der Waals surface area (Å²) in [6.45, 7) is 0.123. The second-order valence-electron chi connectivity index (χ2n) is 5.84. The Morgan fingerprint density at radius 1 is 1.00 bits per heavy atom. The van der Waals surface area contributed by atoms with Crippen LogP contribution in [-0.4, -0.2) is 32.6 Å². The highest BCUT2D eigenvalue weighted by molar-refractivity contribution is 6.41. The van der Waals surface area contributed by atoms with Crippen molar-refractivity contribution >= 4 is 29.1 Å². The van der Waals surface area contributed by atoms with Gasteiger partial charge >= 0.3 is 18.0 Å². The van der Waals surface area contributed by atoms with Gasteiger partial charge < -0.3 is 20.1 Å². The molecule has 0 aliphatic carbocycles. The number of alkyl halides is 3. The van der Waals surface area contributed by atoms with E-state index < -0.39 is 23.6 Å². The Bertz CT molecular complexity index is 904. The van der Waals surface area contributed by atoms with E-state index in [2.05, 4.69) is 10.6 Å². The molecule has 0 radical (unpaired) electrons. The van der Waals surface area contributed by atoms with Gasteiger partial charge in [0, 0.05) is 6.54 Å². The molecule has 156 valence electrons. The molecule has 0 spiro atoms. The highest BCUT2D eigenvalue weighted by Gasteiger charge is 2.31. The molecule has 2 amide bonds. The Balaban J connectivity index is 1.94. The van der Waals surface area contributed by atoms with Gasteiger partial charge in [-0.3, -0.25) is 9.59 Å². The Kier molecular flexibility index (Phi) is 7.33. The number of methoxy groups -OCH3 is 2. The van der Waals surface area contributed by atoms with Gasteiger partial charge in [-0.1, -0.05) is 17.7 Å². The van der Waals surface area contributed by atoms with Gasteiger partial charge in [-0.2, -0.15) is 13.2 Å². The van der Waals surface area contributed by atoms with Gasteiger partial charge in [-0.25, -0.2) is 0 Å². The van der Waals surface area contributed by atoms with Crippen LogP contribution >= 0.6 is 11.6 Å². The minimum absolute atomic E-state index is 0.121. The van der Waals surface area contributed by atoms with Gasteiger partial charge in [0.05, 0.1) is 30.5 Å². The van der Waals surface area contributed by atoms with Crippen LogP contribution in [-0.2, 0) is 22.2 Å². The topological polar surface area (TPSA) is 76.7 Å². The third-order valence-corrected chi connectivity index (χ3v) is 4.22. The maximum Gasteiger partial charge on any atom is 0.416 e. The quantitative estimate of drug-likeness (QED) is 0.685. The molecule has 6 nitrogen and oxygen atoms in total. The first-order chi connectivity index (χ1) is 13.7. The Morgan fingerprint density at radius 2 is 1.69 bits per heavy atom. The normalized spacial score (nSPS) is 11.0. The molecule has 0 heterocycles. The number of rotatable bonds is 6. The van der Waals surface area contributed by atoms with E-state index in [0.29, 0.717) is 24.0 Å². The number of anilines is 1. The highest BCUT2D eigenvalue weighted by atomic mass is 35.5. The summed E-state index contributed by atoms with van der Waals surface area (Å²) in [6, 6.07) is 7.65. The lowest BCUT2D eigenvalue weighted by Gasteiger charge is -2.12. The zero-order chi connectivity index (χ0) is 21.6. The molecule has 2 aromatic rings. The van der Waals surface area contributed by atoms with Crippen molar-refractivity contribution in [3.8, 4) is 11.5 Å². The summed E-state index contributed by atoms with van der Waals surface area (Å²) in [5.41, 5.74) is -0.475. The van der Waals surface area contributed by atoms with Crippen molar-refractivity contribution in [2.45, 2.75) is 12.6 Å². The van der Waals surface area contributed by atoms with Crippen molar-refractivity contribution < 1.29 is 32.2 Å². The van der Waals surface area contributed by atoms with E-state index in [1.807, 2.05) is 0 Å². The van der Waals surface area contributed by atoms with Gasteiger partial charge in [0.15, 0.2) is 11.5 Å². The van der Waals surface area contributed by atoms with Gasteiger partial charge in [0.2, 0.25) is 0 Å². The fraction of sp³-hybridized carbons (Fsp3) is 0.263. The maximum absolute atomic E-state index is 12.8. The van der Waals surface area contributed by atoms with Gasteiger partial charge in [0.1, 0.15) is 0 Å². The molecule has 0 aliphatic rings. The van der Waals surface area contributed by atoms with E-state index in [-0.39, 0.29) is 17.3 Å². The number of carbonyl (C=O) groups excluding carboxylic acids is 2. The Labute approximate surface area is 169 Å².